The van der Waals surface area contributed by atoms with Crippen molar-refractivity contribution in [1.29, 1.82) is 0 Å². The molecule has 0 saturated heterocycles. The van der Waals surface area contributed by atoms with E-state index in [1.165, 1.54) is 58.0 Å². The number of allylic oxidation sites excluding steroid dienone is 2. The molecule has 4 aromatic carbocycles. The van der Waals surface area contributed by atoms with Crippen molar-refractivity contribution in [2.24, 2.45) is 0 Å². The predicted molar refractivity (Wildman–Crippen MR) is 160 cm³/mol. The second-order valence-electron chi connectivity index (χ2n) is 8.67. The molecule has 0 fully saturated rings. The van der Waals surface area contributed by atoms with Crippen molar-refractivity contribution in [2.75, 3.05) is 11.4 Å². The van der Waals surface area contributed by atoms with Crippen LogP contribution in [0.4, 0.5) is 5.69 Å². The van der Waals surface area contributed by atoms with Crippen LogP contribution in [-0.4, -0.2) is 6.54 Å². The Hall–Kier alpha value is -2.60. The van der Waals surface area contributed by atoms with E-state index in [1.54, 1.807) is 0 Å². The summed E-state index contributed by atoms with van der Waals surface area (Å²) in [4.78, 5) is 3.81. The van der Waals surface area contributed by atoms with Gasteiger partial charge in [-0.1, -0.05) is 77.7 Å². The third-order valence-corrected chi connectivity index (χ3v) is 8.76. The van der Waals surface area contributed by atoms with Crippen LogP contribution in [0.5, 0.6) is 0 Å². The minimum absolute atomic E-state index is 0. The fourth-order valence-corrected chi connectivity index (χ4v) is 7.53. The molecule has 0 radical (unpaired) electrons. The van der Waals surface area contributed by atoms with Gasteiger partial charge >= 0.3 is 0 Å². The molecule has 0 N–H and O–H groups in total. The van der Waals surface area contributed by atoms with E-state index in [4.69, 9.17) is 0 Å². The van der Waals surface area contributed by atoms with Gasteiger partial charge in [-0.2, -0.15) is 4.57 Å². The van der Waals surface area contributed by atoms with Crippen LogP contribution >= 0.6 is 40.1 Å². The lowest BCUT2D eigenvalue weighted by Gasteiger charge is -2.19. The van der Waals surface area contributed by atoms with Gasteiger partial charge in [0.15, 0.2) is 0 Å². The molecule has 0 atom stereocenters. The SMILES string of the molecule is Br.CCN1/C(=C/C(C)=C/c2sc3ccc4ccccc4c3[n+]2CC)Sc2ccc3ccccc3c21. The molecule has 0 bridgehead atoms. The van der Waals surface area contributed by atoms with Crippen molar-refractivity contribution in [1.82, 2.24) is 0 Å². The average molecular weight is 561 g/mol. The highest BCUT2D eigenvalue weighted by molar-refractivity contribution is 8.93. The summed E-state index contributed by atoms with van der Waals surface area (Å²) in [6.45, 7) is 8.62. The first-order valence-corrected chi connectivity index (χ1v) is 13.5. The largest absolute Gasteiger partial charge is 0.335 e. The number of halogens is 1. The number of benzene rings is 4. The van der Waals surface area contributed by atoms with Crippen LogP contribution in [0, 0.1) is 0 Å². The number of hydrogen-bond donors (Lipinski definition) is 0. The summed E-state index contributed by atoms with van der Waals surface area (Å²) in [6, 6.07) is 26.4. The van der Waals surface area contributed by atoms with Crippen molar-refractivity contribution in [3.63, 3.8) is 0 Å². The molecule has 1 aromatic heterocycles. The van der Waals surface area contributed by atoms with E-state index in [2.05, 4.69) is 115 Å². The summed E-state index contributed by atoms with van der Waals surface area (Å²) in [5.41, 5.74) is 3.97. The Morgan fingerprint density at radius 1 is 0.886 bits per heavy atom. The van der Waals surface area contributed by atoms with Gasteiger partial charge in [0, 0.05) is 22.9 Å². The number of thioether (sulfide) groups is 1. The van der Waals surface area contributed by atoms with Gasteiger partial charge in [-0.3, -0.25) is 0 Å². The third kappa shape index (κ3) is 4.10. The maximum atomic E-state index is 2.46. The highest BCUT2D eigenvalue weighted by Crippen LogP contribution is 2.49. The highest BCUT2D eigenvalue weighted by atomic mass is 79.9. The van der Waals surface area contributed by atoms with E-state index in [1.807, 2.05) is 23.1 Å². The molecule has 1 aliphatic rings. The van der Waals surface area contributed by atoms with Gasteiger partial charge in [-0.15, -0.1) is 17.0 Å². The van der Waals surface area contributed by atoms with Gasteiger partial charge in [-0.05, 0) is 61.4 Å². The van der Waals surface area contributed by atoms with Crippen LogP contribution in [0.15, 0.2) is 94.4 Å². The summed E-state index contributed by atoms with van der Waals surface area (Å²) < 4.78 is 3.81. The Morgan fingerprint density at radius 3 is 2.31 bits per heavy atom. The summed E-state index contributed by atoms with van der Waals surface area (Å²) >= 11 is 3.76. The molecule has 176 valence electrons. The Kier molecular flexibility index (Phi) is 6.75. The Morgan fingerprint density at radius 2 is 1.57 bits per heavy atom. The Balaban J connectivity index is 0.00000253. The summed E-state index contributed by atoms with van der Waals surface area (Å²) in [5.74, 6) is 0. The van der Waals surface area contributed by atoms with E-state index in [0.29, 0.717) is 0 Å². The van der Waals surface area contributed by atoms with Crippen molar-refractivity contribution in [3.8, 4) is 0 Å². The first-order chi connectivity index (χ1) is 16.7. The topological polar surface area (TPSA) is 7.12 Å². The Labute approximate surface area is 225 Å². The summed E-state index contributed by atoms with van der Waals surface area (Å²) in [6.07, 6.45) is 4.71. The lowest BCUT2D eigenvalue weighted by molar-refractivity contribution is -0.664. The number of anilines is 1. The quantitative estimate of drug-likeness (QED) is 0.203. The monoisotopic (exact) mass is 559 g/mol. The van der Waals surface area contributed by atoms with Crippen molar-refractivity contribution in [3.05, 3.63) is 94.5 Å². The van der Waals surface area contributed by atoms with Crippen LogP contribution in [0.3, 0.4) is 0 Å². The summed E-state index contributed by atoms with van der Waals surface area (Å²) in [5, 5.41) is 7.87. The van der Waals surface area contributed by atoms with Crippen molar-refractivity contribution < 1.29 is 4.57 Å². The minimum atomic E-state index is 0. The molecule has 2 nitrogen and oxygen atoms in total. The maximum Gasteiger partial charge on any atom is 0.263 e. The lowest BCUT2D eigenvalue weighted by atomic mass is 10.1. The number of hydrogen-bond acceptors (Lipinski definition) is 3. The van der Waals surface area contributed by atoms with Gasteiger partial charge < -0.3 is 4.90 Å². The minimum Gasteiger partial charge on any atom is -0.335 e. The van der Waals surface area contributed by atoms with Gasteiger partial charge in [0.05, 0.1) is 16.1 Å². The maximum absolute atomic E-state index is 2.46. The highest BCUT2D eigenvalue weighted by Gasteiger charge is 2.26. The zero-order valence-corrected chi connectivity index (χ0v) is 23.5. The molecular formula is C30H28BrN2S2+. The fraction of sp³-hybridized carbons (Fsp3) is 0.167. The van der Waals surface area contributed by atoms with Gasteiger partial charge in [-0.25, -0.2) is 0 Å². The zero-order valence-electron chi connectivity index (χ0n) is 20.1. The van der Waals surface area contributed by atoms with Gasteiger partial charge in [0.25, 0.3) is 5.01 Å². The second kappa shape index (κ2) is 9.81. The van der Waals surface area contributed by atoms with E-state index in [0.717, 1.165) is 13.1 Å². The van der Waals surface area contributed by atoms with E-state index < -0.39 is 0 Å². The molecular weight excluding hydrogens is 532 g/mol. The molecule has 0 aliphatic carbocycles. The van der Waals surface area contributed by atoms with Crippen LogP contribution < -0.4 is 9.47 Å². The van der Waals surface area contributed by atoms with E-state index in [-0.39, 0.29) is 17.0 Å². The smallest absolute Gasteiger partial charge is 0.263 e. The first kappa shape index (κ1) is 24.1. The van der Waals surface area contributed by atoms with Crippen LogP contribution in [0.2, 0.25) is 0 Å². The van der Waals surface area contributed by atoms with Crippen molar-refractivity contribution in [2.45, 2.75) is 32.2 Å². The summed E-state index contributed by atoms with van der Waals surface area (Å²) in [7, 11) is 0. The number of rotatable bonds is 4. The number of fused-ring (bicyclic) bond motifs is 6. The molecule has 5 aromatic rings. The number of thiazole rings is 1. The molecule has 6 rings (SSSR count). The first-order valence-electron chi connectivity index (χ1n) is 11.9. The third-order valence-electron chi connectivity index (χ3n) is 6.56. The van der Waals surface area contributed by atoms with Gasteiger partial charge in [0.2, 0.25) is 5.52 Å². The molecule has 0 saturated carbocycles. The van der Waals surface area contributed by atoms with Crippen molar-refractivity contribution >= 4 is 83.6 Å². The van der Waals surface area contributed by atoms with Gasteiger partial charge in [0.1, 0.15) is 11.2 Å². The Bertz CT molecular complexity index is 1630. The van der Waals surface area contributed by atoms with Crippen LogP contribution in [0.1, 0.15) is 25.8 Å². The lowest BCUT2D eigenvalue weighted by Crippen LogP contribution is -2.33. The number of nitrogens with zero attached hydrogens (tertiary/aromatic N) is 2. The molecule has 2 heterocycles. The fourth-order valence-electron chi connectivity index (χ4n) is 5.02. The van der Waals surface area contributed by atoms with E-state index in [9.17, 15) is 0 Å². The van der Waals surface area contributed by atoms with Crippen LogP contribution in [0.25, 0.3) is 37.8 Å². The predicted octanol–water partition coefficient (Wildman–Crippen LogP) is 8.97. The molecule has 5 heteroatoms. The molecule has 0 amide bonds. The molecule has 1 aliphatic heterocycles. The van der Waals surface area contributed by atoms with Crippen LogP contribution in [-0.2, 0) is 6.54 Å². The zero-order chi connectivity index (χ0) is 23.2. The molecule has 35 heavy (non-hydrogen) atoms. The number of aromatic nitrogens is 1. The molecule has 0 unspecified atom stereocenters. The molecule has 0 spiro atoms. The second-order valence-corrected chi connectivity index (χ2v) is 10.8. The standard InChI is InChI=1S/C30H27N2S2.BrH/c1-4-31-27(33-25-16-14-21-10-6-8-12-23(21)29(25)31)18-20(3)19-28-32(5-2)30-24-13-9-7-11-22(24)15-17-26(30)34-28;/h6-19H,4-5H2,1-3H3;1H/q+1;. The number of aryl methyl sites for hydroxylation is 1. The van der Waals surface area contributed by atoms with E-state index >= 15 is 0 Å². The average Bonchev–Trinajstić information content (AvgIpc) is 3.40. The normalized spacial score (nSPS) is 14.8.